The van der Waals surface area contributed by atoms with E-state index in [0.717, 1.165) is 25.6 Å². The van der Waals surface area contributed by atoms with Gasteiger partial charge in [-0.2, -0.15) is 0 Å². The summed E-state index contributed by atoms with van der Waals surface area (Å²) in [5, 5.41) is 3.25. The van der Waals surface area contributed by atoms with Crippen LogP contribution in [0.2, 0.25) is 0 Å². The Kier molecular flexibility index (Phi) is 6.06. The molecule has 1 atom stereocenters. The predicted molar refractivity (Wildman–Crippen MR) is 87.1 cm³/mol. The normalized spacial score (nSPS) is 17.2. The smallest absolute Gasteiger partial charge is 0.0233 e. The van der Waals surface area contributed by atoms with Crippen LogP contribution in [0.5, 0.6) is 0 Å². The first-order valence-electron chi connectivity index (χ1n) is 8.18. The lowest BCUT2D eigenvalue weighted by atomic mass is 9.85. The van der Waals surface area contributed by atoms with E-state index in [4.69, 9.17) is 0 Å². The predicted octanol–water partition coefficient (Wildman–Crippen LogP) is 3.63. The molecule has 2 nitrogen and oxygen atoms in total. The highest BCUT2D eigenvalue weighted by Crippen LogP contribution is 2.27. The zero-order valence-electron chi connectivity index (χ0n) is 13.4. The van der Waals surface area contributed by atoms with Crippen LogP contribution in [0.4, 0.5) is 0 Å². The zero-order valence-corrected chi connectivity index (χ0v) is 13.4. The molecule has 20 heavy (non-hydrogen) atoms. The number of hydrogen-bond donors (Lipinski definition) is 1. The molecule has 0 aromatic heterocycles. The van der Waals surface area contributed by atoms with Gasteiger partial charge in [0.15, 0.2) is 0 Å². The molecule has 0 bridgehead atoms. The lowest BCUT2D eigenvalue weighted by Crippen LogP contribution is -2.32. The molecule has 1 aliphatic carbocycles. The Balaban J connectivity index is 1.87. The number of nitrogens with one attached hydrogen (secondary N) is 1. The summed E-state index contributed by atoms with van der Waals surface area (Å²) in [7, 11) is 2.02. The van der Waals surface area contributed by atoms with Gasteiger partial charge in [0.05, 0.1) is 0 Å². The van der Waals surface area contributed by atoms with Gasteiger partial charge in [-0.1, -0.05) is 44.5 Å². The van der Waals surface area contributed by atoms with Gasteiger partial charge in [0.2, 0.25) is 0 Å². The average molecular weight is 274 g/mol. The molecule has 0 radical (unpaired) electrons. The van der Waals surface area contributed by atoms with Gasteiger partial charge < -0.3 is 5.32 Å². The van der Waals surface area contributed by atoms with Crippen molar-refractivity contribution in [1.82, 2.24) is 10.2 Å². The third-order valence-corrected chi connectivity index (χ3v) is 4.65. The minimum Gasteiger partial charge on any atom is -0.319 e. The van der Waals surface area contributed by atoms with Crippen LogP contribution in [0.1, 0.15) is 50.2 Å². The molecule has 1 aromatic rings. The molecule has 2 rings (SSSR count). The second kappa shape index (κ2) is 7.80. The summed E-state index contributed by atoms with van der Waals surface area (Å²) in [6.45, 7) is 9.15. The second-order valence-electron chi connectivity index (χ2n) is 6.32. The van der Waals surface area contributed by atoms with E-state index in [1.807, 2.05) is 7.05 Å². The van der Waals surface area contributed by atoms with Crippen molar-refractivity contribution in [2.45, 2.75) is 45.6 Å². The first-order valence-corrected chi connectivity index (χ1v) is 8.18. The Bertz CT molecular complexity index is 381. The van der Waals surface area contributed by atoms with Gasteiger partial charge in [-0.25, -0.2) is 0 Å². The summed E-state index contributed by atoms with van der Waals surface area (Å²) in [4.78, 5) is 2.59. The molecule has 112 valence electrons. The fraction of sp³-hybridized carbons (Fsp3) is 0.667. The highest BCUT2D eigenvalue weighted by atomic mass is 15.1. The SMILES string of the molecule is CCN(Cc1ccc(C(C)CNC)cc1)CC1CCC1. The second-order valence-corrected chi connectivity index (χ2v) is 6.32. The molecule has 1 N–H and O–H groups in total. The van der Waals surface area contributed by atoms with Crippen molar-refractivity contribution in [3.05, 3.63) is 35.4 Å². The first-order chi connectivity index (χ1) is 9.72. The Morgan fingerprint density at radius 1 is 1.25 bits per heavy atom. The number of hydrogen-bond acceptors (Lipinski definition) is 2. The van der Waals surface area contributed by atoms with E-state index in [2.05, 4.69) is 48.3 Å². The maximum Gasteiger partial charge on any atom is 0.0233 e. The van der Waals surface area contributed by atoms with Crippen LogP contribution in [0.25, 0.3) is 0 Å². The van der Waals surface area contributed by atoms with E-state index in [9.17, 15) is 0 Å². The standard InChI is InChI=1S/C18H30N2/c1-4-20(13-16-6-5-7-16)14-17-8-10-18(11-9-17)15(2)12-19-3/h8-11,15-16,19H,4-7,12-14H2,1-3H3. The summed E-state index contributed by atoms with van der Waals surface area (Å²) >= 11 is 0. The zero-order chi connectivity index (χ0) is 14.4. The van der Waals surface area contributed by atoms with Crippen molar-refractivity contribution in [2.75, 3.05) is 26.7 Å². The minimum atomic E-state index is 0.589. The van der Waals surface area contributed by atoms with E-state index in [0.29, 0.717) is 5.92 Å². The van der Waals surface area contributed by atoms with Gasteiger partial charge in [-0.3, -0.25) is 4.90 Å². The van der Waals surface area contributed by atoms with Crippen molar-refractivity contribution in [2.24, 2.45) is 5.92 Å². The van der Waals surface area contributed by atoms with Crippen LogP contribution in [0, 0.1) is 5.92 Å². The highest BCUT2D eigenvalue weighted by Gasteiger charge is 2.19. The van der Waals surface area contributed by atoms with Gasteiger partial charge in [-0.05, 0) is 49.4 Å². The first kappa shape index (κ1) is 15.5. The Hall–Kier alpha value is -0.860. The quantitative estimate of drug-likeness (QED) is 0.778. The molecule has 1 saturated carbocycles. The molecular weight excluding hydrogens is 244 g/mol. The molecule has 0 heterocycles. The molecule has 0 amide bonds. The van der Waals surface area contributed by atoms with Gasteiger partial charge in [0, 0.05) is 19.6 Å². The molecule has 0 aliphatic heterocycles. The van der Waals surface area contributed by atoms with E-state index < -0.39 is 0 Å². The molecule has 2 heteroatoms. The largest absolute Gasteiger partial charge is 0.319 e. The van der Waals surface area contributed by atoms with Gasteiger partial charge in [0.1, 0.15) is 0 Å². The Morgan fingerprint density at radius 2 is 1.95 bits per heavy atom. The fourth-order valence-electron chi connectivity index (χ4n) is 2.98. The topological polar surface area (TPSA) is 15.3 Å². The number of likely N-dealkylation sites (N-methyl/N-ethyl adjacent to an activating group) is 1. The maximum absolute atomic E-state index is 3.25. The van der Waals surface area contributed by atoms with Crippen molar-refractivity contribution < 1.29 is 0 Å². The van der Waals surface area contributed by atoms with Crippen LogP contribution >= 0.6 is 0 Å². The molecular formula is C18H30N2. The third kappa shape index (κ3) is 4.32. The van der Waals surface area contributed by atoms with Crippen molar-refractivity contribution in [3.63, 3.8) is 0 Å². The fourth-order valence-corrected chi connectivity index (χ4v) is 2.98. The lowest BCUT2D eigenvalue weighted by molar-refractivity contribution is 0.178. The van der Waals surface area contributed by atoms with E-state index in [1.165, 1.54) is 36.9 Å². The van der Waals surface area contributed by atoms with Crippen LogP contribution in [0.15, 0.2) is 24.3 Å². The molecule has 1 fully saturated rings. The van der Waals surface area contributed by atoms with Gasteiger partial charge in [-0.15, -0.1) is 0 Å². The molecule has 0 saturated heterocycles. The van der Waals surface area contributed by atoms with Crippen LogP contribution in [-0.2, 0) is 6.54 Å². The minimum absolute atomic E-state index is 0.589. The molecule has 1 unspecified atom stereocenters. The molecule has 0 spiro atoms. The van der Waals surface area contributed by atoms with Crippen LogP contribution < -0.4 is 5.32 Å². The summed E-state index contributed by atoms with van der Waals surface area (Å²) in [6.07, 6.45) is 4.33. The number of nitrogens with zero attached hydrogens (tertiary/aromatic N) is 1. The van der Waals surface area contributed by atoms with Crippen molar-refractivity contribution >= 4 is 0 Å². The lowest BCUT2D eigenvalue weighted by Gasteiger charge is -2.31. The van der Waals surface area contributed by atoms with Crippen LogP contribution in [-0.4, -0.2) is 31.6 Å². The van der Waals surface area contributed by atoms with E-state index in [1.54, 1.807) is 0 Å². The summed E-state index contributed by atoms with van der Waals surface area (Å²) in [5.74, 6) is 1.55. The van der Waals surface area contributed by atoms with E-state index in [-0.39, 0.29) is 0 Å². The Labute approximate surface area is 124 Å². The number of benzene rings is 1. The highest BCUT2D eigenvalue weighted by molar-refractivity contribution is 5.25. The number of rotatable bonds is 8. The third-order valence-electron chi connectivity index (χ3n) is 4.65. The van der Waals surface area contributed by atoms with Gasteiger partial charge >= 0.3 is 0 Å². The van der Waals surface area contributed by atoms with Crippen LogP contribution in [0.3, 0.4) is 0 Å². The molecule has 1 aliphatic rings. The molecule has 1 aromatic carbocycles. The maximum atomic E-state index is 3.25. The summed E-state index contributed by atoms with van der Waals surface area (Å²) in [6, 6.07) is 9.22. The monoisotopic (exact) mass is 274 g/mol. The Morgan fingerprint density at radius 3 is 2.45 bits per heavy atom. The summed E-state index contributed by atoms with van der Waals surface area (Å²) in [5.41, 5.74) is 2.89. The summed E-state index contributed by atoms with van der Waals surface area (Å²) < 4.78 is 0. The van der Waals surface area contributed by atoms with Crippen molar-refractivity contribution in [3.8, 4) is 0 Å². The van der Waals surface area contributed by atoms with Gasteiger partial charge in [0.25, 0.3) is 0 Å². The average Bonchev–Trinajstić information content (AvgIpc) is 2.42. The van der Waals surface area contributed by atoms with E-state index >= 15 is 0 Å². The van der Waals surface area contributed by atoms with Crippen molar-refractivity contribution in [1.29, 1.82) is 0 Å².